The van der Waals surface area contributed by atoms with Gasteiger partial charge in [0.1, 0.15) is 5.69 Å². The normalized spacial score (nSPS) is 11.0. The second-order valence-electron chi connectivity index (χ2n) is 5.75. The Labute approximate surface area is 130 Å². The van der Waals surface area contributed by atoms with Crippen LogP contribution >= 0.6 is 0 Å². The van der Waals surface area contributed by atoms with Crippen LogP contribution in [0.4, 0.5) is 0 Å². The molecule has 1 amide bonds. The fourth-order valence-corrected chi connectivity index (χ4v) is 2.96. The molecule has 1 aromatic carbocycles. The van der Waals surface area contributed by atoms with E-state index in [0.717, 1.165) is 18.4 Å². The Balaban J connectivity index is 2.45. The largest absolute Gasteiger partial charge is 0.364 e. The number of hydrogen-bond acceptors (Lipinski definition) is 2. The van der Waals surface area contributed by atoms with Crippen molar-refractivity contribution in [2.45, 2.75) is 52.5 Å². The van der Waals surface area contributed by atoms with Gasteiger partial charge in [-0.2, -0.15) is 0 Å². The van der Waals surface area contributed by atoms with Gasteiger partial charge < -0.3 is 10.3 Å². The van der Waals surface area contributed by atoms with Crippen molar-refractivity contribution in [2.75, 3.05) is 0 Å². The Morgan fingerprint density at radius 1 is 1.14 bits per heavy atom. The molecular weight excluding hydrogens is 276 g/mol. The van der Waals surface area contributed by atoms with Gasteiger partial charge in [0.05, 0.1) is 5.52 Å². The topological polar surface area (TPSA) is 65.1 Å². The molecule has 0 unspecified atom stereocenters. The Hall–Kier alpha value is -2.10. The van der Waals surface area contributed by atoms with Crippen molar-refractivity contribution in [1.82, 2.24) is 4.57 Å². The van der Waals surface area contributed by atoms with Gasteiger partial charge in [0.2, 0.25) is 0 Å². The highest BCUT2D eigenvalue weighted by Gasteiger charge is 2.17. The van der Waals surface area contributed by atoms with Crippen molar-refractivity contribution >= 4 is 16.8 Å². The number of aryl methyl sites for hydroxylation is 1. The number of nitrogens with zero attached hydrogens (tertiary/aromatic N) is 1. The zero-order chi connectivity index (χ0) is 16.1. The van der Waals surface area contributed by atoms with Gasteiger partial charge in [-0.05, 0) is 25.5 Å². The molecule has 0 saturated heterocycles. The van der Waals surface area contributed by atoms with Crippen molar-refractivity contribution in [3.8, 4) is 0 Å². The number of primary amides is 1. The Bertz CT molecular complexity index is 732. The average Bonchev–Trinajstić information content (AvgIpc) is 2.51. The molecule has 0 aliphatic carbocycles. The summed E-state index contributed by atoms with van der Waals surface area (Å²) < 4.78 is 1.92. The number of carbonyl (C=O) groups excluding carboxylic acids is 1. The van der Waals surface area contributed by atoms with E-state index in [2.05, 4.69) is 6.92 Å². The number of aromatic nitrogens is 1. The summed E-state index contributed by atoms with van der Waals surface area (Å²) in [6.07, 6.45) is 5.72. The molecule has 0 saturated carbocycles. The lowest BCUT2D eigenvalue weighted by molar-refractivity contribution is 0.0990. The highest BCUT2D eigenvalue weighted by molar-refractivity contribution is 5.96. The van der Waals surface area contributed by atoms with E-state index < -0.39 is 5.91 Å². The van der Waals surface area contributed by atoms with Crippen LogP contribution in [0, 0.1) is 6.92 Å². The van der Waals surface area contributed by atoms with Gasteiger partial charge >= 0.3 is 0 Å². The van der Waals surface area contributed by atoms with Crippen LogP contribution in [0.3, 0.4) is 0 Å². The quantitative estimate of drug-likeness (QED) is 0.797. The Kier molecular flexibility index (Phi) is 5.36. The predicted octanol–water partition coefficient (Wildman–Crippen LogP) is 3.38. The molecule has 0 spiro atoms. The minimum absolute atomic E-state index is 0.105. The Morgan fingerprint density at radius 2 is 1.82 bits per heavy atom. The first-order valence-electron chi connectivity index (χ1n) is 7.99. The van der Waals surface area contributed by atoms with Crippen molar-refractivity contribution in [2.24, 2.45) is 5.73 Å². The van der Waals surface area contributed by atoms with Crippen LogP contribution in [-0.2, 0) is 6.54 Å². The summed E-state index contributed by atoms with van der Waals surface area (Å²) in [6.45, 7) is 4.58. The molecule has 118 valence electrons. The first kappa shape index (κ1) is 16.3. The highest BCUT2D eigenvalue weighted by atomic mass is 16.1. The average molecular weight is 300 g/mol. The SMILES string of the molecule is CCCCCCCn1c(C(N)=O)c(C)c(=O)c2ccccc21. The van der Waals surface area contributed by atoms with E-state index in [1.807, 2.05) is 28.8 Å². The lowest BCUT2D eigenvalue weighted by Crippen LogP contribution is -2.26. The van der Waals surface area contributed by atoms with Crippen LogP contribution < -0.4 is 11.2 Å². The standard InChI is InChI=1S/C18H24N2O2/c1-3-4-5-6-9-12-20-15-11-8-7-10-14(15)17(21)13(2)16(20)18(19)22/h7-8,10-11H,3-6,9,12H2,1-2H3,(H2,19,22). The highest BCUT2D eigenvalue weighted by Crippen LogP contribution is 2.17. The molecule has 2 aromatic rings. The van der Waals surface area contributed by atoms with Crippen molar-refractivity contribution in [3.63, 3.8) is 0 Å². The molecule has 0 bridgehead atoms. The number of pyridine rings is 1. The molecule has 1 aromatic heterocycles. The Morgan fingerprint density at radius 3 is 2.50 bits per heavy atom. The lowest BCUT2D eigenvalue weighted by atomic mass is 10.1. The maximum atomic E-state index is 12.4. The number of carbonyl (C=O) groups is 1. The third kappa shape index (κ3) is 3.21. The van der Waals surface area contributed by atoms with Gasteiger partial charge in [-0.3, -0.25) is 9.59 Å². The second kappa shape index (κ2) is 7.25. The van der Waals surface area contributed by atoms with Gasteiger partial charge in [0, 0.05) is 17.5 Å². The molecule has 0 aliphatic rings. The summed E-state index contributed by atoms with van der Waals surface area (Å²) in [5.41, 5.74) is 7.01. The van der Waals surface area contributed by atoms with Crippen LogP contribution in [0.25, 0.3) is 10.9 Å². The molecule has 1 heterocycles. The summed E-state index contributed by atoms with van der Waals surface area (Å²) in [7, 11) is 0. The number of rotatable bonds is 7. The zero-order valence-corrected chi connectivity index (χ0v) is 13.4. The van der Waals surface area contributed by atoms with Gasteiger partial charge in [0.25, 0.3) is 5.91 Å². The summed E-state index contributed by atoms with van der Waals surface area (Å²) >= 11 is 0. The number of fused-ring (bicyclic) bond motifs is 1. The minimum Gasteiger partial charge on any atom is -0.364 e. The van der Waals surface area contributed by atoms with Gasteiger partial charge in [-0.25, -0.2) is 0 Å². The van der Waals surface area contributed by atoms with Gasteiger partial charge in [-0.1, -0.05) is 44.7 Å². The third-order valence-corrected chi connectivity index (χ3v) is 4.12. The number of unbranched alkanes of at least 4 members (excludes halogenated alkanes) is 4. The maximum absolute atomic E-state index is 12.4. The molecule has 2 rings (SSSR count). The first-order chi connectivity index (χ1) is 10.6. The summed E-state index contributed by atoms with van der Waals surface area (Å²) in [6, 6.07) is 7.42. The summed E-state index contributed by atoms with van der Waals surface area (Å²) in [5.74, 6) is -0.533. The number of hydrogen-bond donors (Lipinski definition) is 1. The third-order valence-electron chi connectivity index (χ3n) is 4.12. The van der Waals surface area contributed by atoms with E-state index in [-0.39, 0.29) is 5.43 Å². The molecule has 0 radical (unpaired) electrons. The van der Waals surface area contributed by atoms with Crippen molar-refractivity contribution in [1.29, 1.82) is 0 Å². The number of amides is 1. The monoisotopic (exact) mass is 300 g/mol. The maximum Gasteiger partial charge on any atom is 0.265 e. The predicted molar refractivity (Wildman–Crippen MR) is 90.2 cm³/mol. The summed E-state index contributed by atoms with van der Waals surface area (Å²) in [5, 5.41) is 0.651. The molecule has 4 nitrogen and oxygen atoms in total. The minimum atomic E-state index is -0.533. The number of benzene rings is 1. The van der Waals surface area contributed by atoms with E-state index in [0.29, 0.717) is 23.2 Å². The van der Waals surface area contributed by atoms with Crippen LogP contribution in [0.1, 0.15) is 55.1 Å². The van der Waals surface area contributed by atoms with Crippen molar-refractivity contribution < 1.29 is 4.79 Å². The first-order valence-corrected chi connectivity index (χ1v) is 7.99. The molecule has 2 N–H and O–H groups in total. The van der Waals surface area contributed by atoms with Crippen LogP contribution in [0.2, 0.25) is 0 Å². The zero-order valence-electron chi connectivity index (χ0n) is 13.4. The fraction of sp³-hybridized carbons (Fsp3) is 0.444. The van der Waals surface area contributed by atoms with Crippen LogP contribution in [0.15, 0.2) is 29.1 Å². The van der Waals surface area contributed by atoms with Crippen molar-refractivity contribution in [3.05, 3.63) is 45.7 Å². The molecule has 0 fully saturated rings. The van der Waals surface area contributed by atoms with E-state index in [1.165, 1.54) is 19.3 Å². The van der Waals surface area contributed by atoms with Gasteiger partial charge in [-0.15, -0.1) is 0 Å². The second-order valence-corrected chi connectivity index (χ2v) is 5.75. The number of para-hydroxylation sites is 1. The smallest absolute Gasteiger partial charge is 0.265 e. The molecule has 22 heavy (non-hydrogen) atoms. The van der Waals surface area contributed by atoms with E-state index in [4.69, 9.17) is 5.73 Å². The van der Waals surface area contributed by atoms with E-state index >= 15 is 0 Å². The van der Waals surface area contributed by atoms with Crippen LogP contribution in [0.5, 0.6) is 0 Å². The van der Waals surface area contributed by atoms with Gasteiger partial charge in [0.15, 0.2) is 5.43 Å². The lowest BCUT2D eigenvalue weighted by Gasteiger charge is -2.17. The summed E-state index contributed by atoms with van der Waals surface area (Å²) in [4.78, 5) is 24.2. The molecular formula is C18H24N2O2. The molecule has 4 heteroatoms. The van der Waals surface area contributed by atoms with Crippen LogP contribution in [-0.4, -0.2) is 10.5 Å². The molecule has 0 atom stereocenters. The number of nitrogens with two attached hydrogens (primary N) is 1. The fourth-order valence-electron chi connectivity index (χ4n) is 2.96. The van der Waals surface area contributed by atoms with E-state index in [1.54, 1.807) is 6.92 Å². The molecule has 0 aliphatic heterocycles. The van der Waals surface area contributed by atoms with E-state index in [9.17, 15) is 9.59 Å².